The van der Waals surface area contributed by atoms with Crippen LogP contribution >= 0.6 is 11.3 Å². The van der Waals surface area contributed by atoms with Crippen molar-refractivity contribution in [2.24, 2.45) is 0 Å². The molecule has 1 aromatic rings. The van der Waals surface area contributed by atoms with Crippen LogP contribution in [0, 0.1) is 0 Å². The minimum absolute atomic E-state index is 0.0732. The van der Waals surface area contributed by atoms with E-state index in [1.54, 1.807) is 0 Å². The molecule has 88 valence electrons. The van der Waals surface area contributed by atoms with Crippen LogP contribution in [0.2, 0.25) is 0 Å². The number of carbonyl (C=O) groups is 1. The van der Waals surface area contributed by atoms with Gasteiger partial charge in [0.05, 0.1) is 11.8 Å². The van der Waals surface area contributed by atoms with Crippen molar-refractivity contribution in [1.29, 1.82) is 0 Å². The van der Waals surface area contributed by atoms with Gasteiger partial charge in [-0.15, -0.1) is 11.3 Å². The highest BCUT2D eigenvalue weighted by Gasteiger charge is 2.26. The number of thiazole rings is 1. The third kappa shape index (κ3) is 3.28. The van der Waals surface area contributed by atoms with Crippen LogP contribution in [0.1, 0.15) is 38.3 Å². The van der Waals surface area contributed by atoms with Gasteiger partial charge in [-0.25, -0.2) is 4.98 Å². The first kappa shape index (κ1) is 11.5. The molecule has 0 saturated heterocycles. The summed E-state index contributed by atoms with van der Waals surface area (Å²) in [5, 5.41) is 5.45. The second-order valence-corrected chi connectivity index (χ2v) is 5.12. The molecule has 0 atom stereocenters. The van der Waals surface area contributed by atoms with Gasteiger partial charge >= 0.3 is 0 Å². The number of nitrogens with one attached hydrogen (secondary N) is 1. The number of amides is 1. The molecule has 1 N–H and O–H groups in total. The van der Waals surface area contributed by atoms with Crippen molar-refractivity contribution in [1.82, 2.24) is 4.98 Å². The van der Waals surface area contributed by atoms with Gasteiger partial charge in [-0.3, -0.25) is 10.1 Å². The fourth-order valence-corrected chi connectivity index (χ4v) is 2.12. The molecule has 0 bridgehead atoms. The van der Waals surface area contributed by atoms with E-state index in [4.69, 9.17) is 4.74 Å². The molecular formula is C11H16N2O2S. The van der Waals surface area contributed by atoms with Crippen LogP contribution in [0.15, 0.2) is 5.38 Å². The molecule has 1 aromatic heterocycles. The van der Waals surface area contributed by atoms with Crippen molar-refractivity contribution < 1.29 is 9.53 Å². The third-order valence-electron chi connectivity index (χ3n) is 2.31. The number of carbonyl (C=O) groups excluding carboxylic acids is 1. The molecule has 1 saturated carbocycles. The lowest BCUT2D eigenvalue weighted by atomic mass is 10.3. The lowest BCUT2D eigenvalue weighted by Crippen LogP contribution is -2.20. The van der Waals surface area contributed by atoms with E-state index >= 15 is 0 Å². The lowest BCUT2D eigenvalue weighted by Gasteiger charge is -2.06. The smallest absolute Gasteiger partial charge is 0.252 e. The van der Waals surface area contributed by atoms with Crippen LogP contribution in [-0.4, -0.2) is 23.6 Å². The van der Waals surface area contributed by atoms with Gasteiger partial charge in [0.15, 0.2) is 5.13 Å². The Labute approximate surface area is 99.0 Å². The molecule has 1 fully saturated rings. The number of hydrogen-bond acceptors (Lipinski definition) is 4. The second-order valence-electron chi connectivity index (χ2n) is 4.26. The largest absolute Gasteiger partial charge is 0.369 e. The number of ether oxygens (including phenoxy) is 1. The Bertz CT molecular complexity index is 372. The van der Waals surface area contributed by atoms with E-state index in [1.807, 2.05) is 19.2 Å². The number of anilines is 1. The third-order valence-corrected chi connectivity index (χ3v) is 3.09. The van der Waals surface area contributed by atoms with Crippen molar-refractivity contribution >= 4 is 22.4 Å². The van der Waals surface area contributed by atoms with Gasteiger partial charge in [0.1, 0.15) is 6.61 Å². The molecule has 0 unspecified atom stereocenters. The van der Waals surface area contributed by atoms with Gasteiger partial charge in [-0.05, 0) is 26.7 Å². The minimum atomic E-state index is -0.134. The summed E-state index contributed by atoms with van der Waals surface area (Å²) in [4.78, 5) is 15.8. The highest BCUT2D eigenvalue weighted by Crippen LogP contribution is 2.40. The Kier molecular flexibility index (Phi) is 3.56. The van der Waals surface area contributed by atoms with Gasteiger partial charge in [0, 0.05) is 11.3 Å². The number of rotatable bonds is 5. The predicted molar refractivity (Wildman–Crippen MR) is 63.8 cm³/mol. The Morgan fingerprint density at radius 2 is 2.44 bits per heavy atom. The molecule has 4 nitrogen and oxygen atoms in total. The first-order valence-electron chi connectivity index (χ1n) is 5.52. The molecular weight excluding hydrogens is 224 g/mol. The first-order valence-corrected chi connectivity index (χ1v) is 6.40. The lowest BCUT2D eigenvalue weighted by molar-refractivity contribution is -0.121. The topological polar surface area (TPSA) is 51.2 Å². The van der Waals surface area contributed by atoms with Gasteiger partial charge in [0.25, 0.3) is 5.91 Å². The fraction of sp³-hybridized carbons (Fsp3) is 0.636. The molecule has 1 aliphatic carbocycles. The minimum Gasteiger partial charge on any atom is -0.369 e. The molecule has 0 radical (unpaired) electrons. The van der Waals surface area contributed by atoms with Gasteiger partial charge in [-0.2, -0.15) is 0 Å². The van der Waals surface area contributed by atoms with Crippen LogP contribution in [0.25, 0.3) is 0 Å². The first-order chi connectivity index (χ1) is 7.65. The van der Waals surface area contributed by atoms with Crippen LogP contribution < -0.4 is 5.32 Å². The molecule has 0 aliphatic heterocycles. The number of nitrogens with zero attached hydrogens (tertiary/aromatic N) is 1. The molecule has 16 heavy (non-hydrogen) atoms. The molecule has 0 aromatic carbocycles. The summed E-state index contributed by atoms with van der Waals surface area (Å²) >= 11 is 1.48. The number of hydrogen-bond donors (Lipinski definition) is 1. The summed E-state index contributed by atoms with van der Waals surface area (Å²) in [5.41, 5.74) is 1.12. The summed E-state index contributed by atoms with van der Waals surface area (Å²) in [7, 11) is 0. The van der Waals surface area contributed by atoms with Crippen LogP contribution in [0.3, 0.4) is 0 Å². The second kappa shape index (κ2) is 4.93. The van der Waals surface area contributed by atoms with Gasteiger partial charge < -0.3 is 4.74 Å². The Balaban J connectivity index is 1.80. The normalized spacial score (nSPS) is 15.4. The average Bonchev–Trinajstić information content (AvgIpc) is 2.98. The van der Waals surface area contributed by atoms with E-state index in [9.17, 15) is 4.79 Å². The van der Waals surface area contributed by atoms with Crippen molar-refractivity contribution in [3.8, 4) is 0 Å². The van der Waals surface area contributed by atoms with E-state index in [1.165, 1.54) is 24.2 Å². The maximum absolute atomic E-state index is 11.4. The summed E-state index contributed by atoms with van der Waals surface area (Å²) < 4.78 is 5.21. The molecule has 2 rings (SSSR count). The van der Waals surface area contributed by atoms with E-state index in [0.717, 1.165) is 5.69 Å². The zero-order valence-corrected chi connectivity index (χ0v) is 10.3. The Hall–Kier alpha value is -0.940. The maximum atomic E-state index is 11.4. The quantitative estimate of drug-likeness (QED) is 0.859. The highest BCUT2D eigenvalue weighted by molar-refractivity contribution is 7.13. The average molecular weight is 240 g/mol. The zero-order valence-electron chi connectivity index (χ0n) is 9.53. The summed E-state index contributed by atoms with van der Waals surface area (Å²) in [6.45, 7) is 3.90. The summed E-state index contributed by atoms with van der Waals surface area (Å²) in [6.07, 6.45) is 2.53. The molecule has 1 amide bonds. The van der Waals surface area contributed by atoms with Crippen molar-refractivity contribution in [2.45, 2.75) is 38.7 Å². The molecule has 1 heterocycles. The summed E-state index contributed by atoms with van der Waals surface area (Å²) in [6, 6.07) is 0. The van der Waals surface area contributed by atoms with E-state index in [0.29, 0.717) is 11.0 Å². The highest BCUT2D eigenvalue weighted by atomic mass is 32.1. The maximum Gasteiger partial charge on any atom is 0.252 e. The molecule has 1 aliphatic rings. The van der Waals surface area contributed by atoms with E-state index < -0.39 is 0 Å². The Morgan fingerprint density at radius 1 is 1.69 bits per heavy atom. The number of aromatic nitrogens is 1. The van der Waals surface area contributed by atoms with Gasteiger partial charge in [-0.1, -0.05) is 0 Å². The Morgan fingerprint density at radius 3 is 3.06 bits per heavy atom. The van der Waals surface area contributed by atoms with Crippen LogP contribution in [0.4, 0.5) is 5.13 Å². The monoisotopic (exact) mass is 240 g/mol. The van der Waals surface area contributed by atoms with Crippen LogP contribution in [0.5, 0.6) is 0 Å². The SMILES string of the molecule is CC(C)OCC(=O)Nc1nc(C2CC2)cs1. The molecule has 5 heteroatoms. The zero-order chi connectivity index (χ0) is 11.5. The molecule has 0 spiro atoms. The fourth-order valence-electron chi connectivity index (χ4n) is 1.31. The predicted octanol–water partition coefficient (Wildman–Crippen LogP) is 2.38. The van der Waals surface area contributed by atoms with Crippen molar-refractivity contribution in [3.63, 3.8) is 0 Å². The summed E-state index contributed by atoms with van der Waals surface area (Å²) in [5.74, 6) is 0.499. The van der Waals surface area contributed by atoms with E-state index in [2.05, 4.69) is 10.3 Å². The van der Waals surface area contributed by atoms with E-state index in [-0.39, 0.29) is 18.6 Å². The van der Waals surface area contributed by atoms with Crippen LogP contribution in [-0.2, 0) is 9.53 Å². The standard InChI is InChI=1S/C11H16N2O2S/c1-7(2)15-5-10(14)13-11-12-9(6-16-11)8-3-4-8/h6-8H,3-5H2,1-2H3,(H,12,13,14). The van der Waals surface area contributed by atoms with Gasteiger partial charge in [0.2, 0.25) is 0 Å². The van der Waals surface area contributed by atoms with Crippen molar-refractivity contribution in [2.75, 3.05) is 11.9 Å². The van der Waals surface area contributed by atoms with Crippen molar-refractivity contribution in [3.05, 3.63) is 11.1 Å².